The fourth-order valence-corrected chi connectivity index (χ4v) is 8.75. The molecule has 4 heteroatoms. The third-order valence-corrected chi connectivity index (χ3v) is 11.4. The van der Waals surface area contributed by atoms with E-state index in [9.17, 15) is 0 Å². The molecule has 0 bridgehead atoms. The van der Waals surface area contributed by atoms with Crippen molar-refractivity contribution < 1.29 is 9.15 Å². The lowest BCUT2D eigenvalue weighted by molar-refractivity contribution is 0.477. The fourth-order valence-electron chi connectivity index (χ4n) is 8.75. The van der Waals surface area contributed by atoms with Crippen LogP contribution in [0, 0.1) is 0 Å². The highest BCUT2D eigenvalue weighted by Gasteiger charge is 2.36. The fraction of sp³-hybridized carbons (Fsp3) is 0.0588. The monoisotopic (exact) mass is 708 g/mol. The molecule has 0 N–H and O–H groups in total. The van der Waals surface area contributed by atoms with Gasteiger partial charge in [-0.2, -0.15) is 0 Å². The van der Waals surface area contributed by atoms with Crippen LogP contribution in [0.1, 0.15) is 25.0 Å². The van der Waals surface area contributed by atoms with Crippen molar-refractivity contribution in [1.82, 2.24) is 0 Å². The summed E-state index contributed by atoms with van der Waals surface area (Å²) in [5, 5.41) is 2.22. The summed E-state index contributed by atoms with van der Waals surface area (Å²) >= 11 is 0. The lowest BCUT2D eigenvalue weighted by atomic mass is 9.82. The van der Waals surface area contributed by atoms with E-state index in [4.69, 9.17) is 9.15 Å². The van der Waals surface area contributed by atoms with Gasteiger partial charge in [-0.1, -0.05) is 117 Å². The summed E-state index contributed by atoms with van der Waals surface area (Å²) in [6, 6.07) is 64.7. The zero-order valence-electron chi connectivity index (χ0n) is 30.5. The van der Waals surface area contributed by atoms with Crippen molar-refractivity contribution in [2.24, 2.45) is 0 Å². The Kier molecular flexibility index (Phi) is 6.86. The van der Waals surface area contributed by atoms with Crippen molar-refractivity contribution in [2.75, 3.05) is 9.80 Å². The van der Waals surface area contributed by atoms with E-state index in [0.29, 0.717) is 0 Å². The molecule has 0 saturated heterocycles. The maximum Gasteiger partial charge on any atom is 0.153 e. The number of furan rings is 1. The Hall–Kier alpha value is -7.04. The molecule has 4 nitrogen and oxygen atoms in total. The number of anilines is 6. The number of hydrogen-bond donors (Lipinski definition) is 0. The van der Waals surface area contributed by atoms with Crippen molar-refractivity contribution in [3.8, 4) is 33.8 Å². The highest BCUT2D eigenvalue weighted by molar-refractivity contribution is 6.06. The van der Waals surface area contributed by atoms with E-state index in [-0.39, 0.29) is 5.41 Å². The topological polar surface area (TPSA) is 28.9 Å². The molecule has 1 aliphatic carbocycles. The molecule has 2 aliphatic rings. The Labute approximate surface area is 320 Å². The molecule has 0 unspecified atom stereocenters. The van der Waals surface area contributed by atoms with E-state index in [1.165, 1.54) is 27.8 Å². The highest BCUT2D eigenvalue weighted by atomic mass is 16.5. The summed E-state index contributed by atoms with van der Waals surface area (Å²) < 4.78 is 13.1. The van der Waals surface area contributed by atoms with Crippen LogP contribution in [0.2, 0.25) is 0 Å². The second kappa shape index (κ2) is 12.0. The molecule has 1 aliphatic heterocycles. The van der Waals surface area contributed by atoms with E-state index in [0.717, 1.165) is 73.1 Å². The van der Waals surface area contributed by atoms with Crippen LogP contribution < -0.4 is 14.5 Å². The van der Waals surface area contributed by atoms with Gasteiger partial charge >= 0.3 is 0 Å². The first-order chi connectivity index (χ1) is 27.0. The number of benzene rings is 8. The minimum atomic E-state index is -0.135. The van der Waals surface area contributed by atoms with Gasteiger partial charge in [0, 0.05) is 45.4 Å². The van der Waals surface area contributed by atoms with E-state index in [1.807, 2.05) is 24.3 Å². The van der Waals surface area contributed by atoms with E-state index in [2.05, 4.69) is 181 Å². The molecular formula is C51H36N2O2. The van der Waals surface area contributed by atoms with Crippen LogP contribution in [0.5, 0.6) is 11.5 Å². The van der Waals surface area contributed by atoms with Gasteiger partial charge in [0.1, 0.15) is 11.2 Å². The van der Waals surface area contributed by atoms with Crippen LogP contribution in [0.3, 0.4) is 0 Å². The van der Waals surface area contributed by atoms with Gasteiger partial charge in [-0.05, 0) is 100 Å². The largest absolute Gasteiger partial charge is 0.456 e. The number of nitrogens with zero attached hydrogens (tertiary/aromatic N) is 2. The average molecular weight is 709 g/mol. The van der Waals surface area contributed by atoms with Gasteiger partial charge in [-0.3, -0.25) is 0 Å². The SMILES string of the molecule is CC1(C)c2ccccc2-c2ccc(N(c3cccc(-c4ccccc4)c3)c3ccc4c(c3)Oc3ccccc3N4c3ccc4c(c3)oc3ccccc34)cc21. The predicted octanol–water partition coefficient (Wildman–Crippen LogP) is 14.6. The van der Waals surface area contributed by atoms with Crippen LogP contribution in [-0.2, 0) is 5.41 Å². The molecule has 8 aromatic carbocycles. The lowest BCUT2D eigenvalue weighted by Crippen LogP contribution is -2.18. The molecule has 11 rings (SSSR count). The molecule has 0 saturated carbocycles. The summed E-state index contributed by atoms with van der Waals surface area (Å²) in [6.07, 6.45) is 0. The minimum Gasteiger partial charge on any atom is -0.456 e. The van der Waals surface area contributed by atoms with Crippen LogP contribution in [0.4, 0.5) is 34.1 Å². The minimum absolute atomic E-state index is 0.135. The lowest BCUT2D eigenvalue weighted by Gasteiger charge is -2.34. The molecule has 9 aromatic rings. The first kappa shape index (κ1) is 31.5. The highest BCUT2D eigenvalue weighted by Crippen LogP contribution is 2.54. The van der Waals surface area contributed by atoms with Crippen LogP contribution in [0.25, 0.3) is 44.2 Å². The maximum absolute atomic E-state index is 6.78. The molecule has 55 heavy (non-hydrogen) atoms. The number of ether oxygens (including phenoxy) is 1. The molecule has 0 amide bonds. The van der Waals surface area contributed by atoms with Crippen molar-refractivity contribution in [3.05, 3.63) is 193 Å². The second-order valence-corrected chi connectivity index (χ2v) is 15.0. The summed E-state index contributed by atoms with van der Waals surface area (Å²) in [5.41, 5.74) is 15.3. The zero-order valence-corrected chi connectivity index (χ0v) is 30.5. The molecule has 1 aromatic heterocycles. The quantitative estimate of drug-likeness (QED) is 0.178. The zero-order chi connectivity index (χ0) is 36.7. The van der Waals surface area contributed by atoms with Gasteiger partial charge < -0.3 is 19.0 Å². The third-order valence-electron chi connectivity index (χ3n) is 11.4. The third kappa shape index (κ3) is 4.92. The normalized spacial score (nSPS) is 13.5. The van der Waals surface area contributed by atoms with Crippen LogP contribution >= 0.6 is 0 Å². The standard InChI is InChI=1S/C51H36N2O2/c1-51(2)43-19-8-6-17-39(43)40-26-23-36(30-44(40)51)52(35-16-12-15-34(29-35)33-13-4-3-5-14-33)37-25-28-46-50(32-37)55-48-22-11-9-20-45(48)53(46)38-24-27-42-41-18-7-10-21-47(41)54-49(42)31-38/h3-32H,1-2H3. The maximum atomic E-state index is 6.78. The summed E-state index contributed by atoms with van der Waals surface area (Å²) in [4.78, 5) is 4.64. The predicted molar refractivity (Wildman–Crippen MR) is 226 cm³/mol. The van der Waals surface area contributed by atoms with Gasteiger partial charge in [-0.15, -0.1) is 0 Å². The van der Waals surface area contributed by atoms with E-state index < -0.39 is 0 Å². The molecule has 0 radical (unpaired) electrons. The van der Waals surface area contributed by atoms with Crippen molar-refractivity contribution in [3.63, 3.8) is 0 Å². The van der Waals surface area contributed by atoms with Gasteiger partial charge in [-0.25, -0.2) is 0 Å². The Morgan fingerprint density at radius 2 is 1.15 bits per heavy atom. The molecule has 0 fully saturated rings. The van der Waals surface area contributed by atoms with Gasteiger partial charge in [0.2, 0.25) is 0 Å². The molecule has 0 spiro atoms. The van der Waals surface area contributed by atoms with Crippen molar-refractivity contribution >= 4 is 56.1 Å². The molecular weight excluding hydrogens is 673 g/mol. The first-order valence-corrected chi connectivity index (χ1v) is 18.8. The molecule has 262 valence electrons. The number of para-hydroxylation sites is 3. The van der Waals surface area contributed by atoms with Gasteiger partial charge in [0.05, 0.1) is 17.1 Å². The number of hydrogen-bond acceptors (Lipinski definition) is 4. The Morgan fingerprint density at radius 3 is 2.07 bits per heavy atom. The summed E-state index contributed by atoms with van der Waals surface area (Å²) in [7, 11) is 0. The van der Waals surface area contributed by atoms with Gasteiger partial charge in [0.25, 0.3) is 0 Å². The summed E-state index contributed by atoms with van der Waals surface area (Å²) in [5.74, 6) is 1.57. The smallest absolute Gasteiger partial charge is 0.153 e. The number of fused-ring (bicyclic) bond motifs is 8. The molecule has 2 heterocycles. The first-order valence-electron chi connectivity index (χ1n) is 18.8. The Bertz CT molecular complexity index is 2960. The van der Waals surface area contributed by atoms with Crippen molar-refractivity contribution in [2.45, 2.75) is 19.3 Å². The van der Waals surface area contributed by atoms with Crippen LogP contribution in [-0.4, -0.2) is 0 Å². The number of rotatable bonds is 5. The summed E-state index contributed by atoms with van der Waals surface area (Å²) in [6.45, 7) is 4.67. The molecule has 0 atom stereocenters. The van der Waals surface area contributed by atoms with E-state index in [1.54, 1.807) is 0 Å². The van der Waals surface area contributed by atoms with E-state index >= 15 is 0 Å². The van der Waals surface area contributed by atoms with Gasteiger partial charge in [0.15, 0.2) is 11.5 Å². The van der Waals surface area contributed by atoms with Crippen LogP contribution in [0.15, 0.2) is 186 Å². The Balaban J connectivity index is 1.08. The second-order valence-electron chi connectivity index (χ2n) is 15.0. The Morgan fingerprint density at radius 1 is 0.455 bits per heavy atom. The van der Waals surface area contributed by atoms with Crippen molar-refractivity contribution in [1.29, 1.82) is 0 Å². The average Bonchev–Trinajstić information content (AvgIpc) is 3.71.